The summed E-state index contributed by atoms with van der Waals surface area (Å²) in [6.07, 6.45) is 1.52. The molecule has 0 spiro atoms. The lowest BCUT2D eigenvalue weighted by molar-refractivity contribution is -0.596. The molecule has 2 nitrogen and oxygen atoms in total. The van der Waals surface area contributed by atoms with Gasteiger partial charge >= 0.3 is 0 Å². The monoisotopic (exact) mass is 699 g/mol. The summed E-state index contributed by atoms with van der Waals surface area (Å²) in [4.78, 5) is 1.65. The van der Waals surface area contributed by atoms with Crippen LogP contribution in [0.15, 0.2) is 133 Å². The standard InChI is InChI=1S/C41H27F8N2/c42-30-11-26(12-31(43)19-30)38(27-13-32(44)20-33(45)14-27)50-23-51(41(25-9-5-2-6-10-25)40(50)24-7-3-1-4-8-24)39(28-15-34(46)21-35(47)16-28)29-17-36(48)22-37(49)18-29/h1-23,38-41H/q+1/t40-,41-/m0/s1. The summed E-state index contributed by atoms with van der Waals surface area (Å²) >= 11 is 0. The Bertz CT molecular complexity index is 2060. The predicted molar refractivity (Wildman–Crippen MR) is 176 cm³/mol. The molecule has 1 aliphatic rings. The summed E-state index contributed by atoms with van der Waals surface area (Å²) in [7, 11) is 0. The molecule has 7 rings (SSSR count). The Hall–Kier alpha value is -5.77. The third-order valence-corrected chi connectivity index (χ3v) is 8.89. The van der Waals surface area contributed by atoms with Gasteiger partial charge in [-0.25, -0.2) is 44.6 Å². The third kappa shape index (κ3) is 6.99. The maximum absolute atomic E-state index is 14.9. The molecule has 10 heteroatoms. The van der Waals surface area contributed by atoms with Crippen LogP contribution in [0, 0.1) is 46.5 Å². The molecule has 2 atom stereocenters. The van der Waals surface area contributed by atoms with Crippen LogP contribution in [-0.4, -0.2) is 15.8 Å². The fourth-order valence-corrected chi connectivity index (χ4v) is 7.09. The van der Waals surface area contributed by atoms with Crippen molar-refractivity contribution in [1.82, 2.24) is 4.90 Å². The molecule has 0 saturated heterocycles. The van der Waals surface area contributed by atoms with Gasteiger partial charge in [-0.15, -0.1) is 0 Å². The van der Waals surface area contributed by atoms with Gasteiger partial charge in [-0.3, -0.25) is 0 Å². The van der Waals surface area contributed by atoms with Crippen LogP contribution < -0.4 is 0 Å². The Morgan fingerprint density at radius 2 is 0.745 bits per heavy atom. The van der Waals surface area contributed by atoms with E-state index >= 15 is 0 Å². The van der Waals surface area contributed by atoms with Crippen molar-refractivity contribution in [1.29, 1.82) is 0 Å². The zero-order valence-electron chi connectivity index (χ0n) is 26.5. The Balaban J connectivity index is 1.58. The quantitative estimate of drug-likeness (QED) is 0.113. The van der Waals surface area contributed by atoms with Gasteiger partial charge in [-0.05, 0) is 48.5 Å². The second kappa shape index (κ2) is 13.9. The van der Waals surface area contributed by atoms with Crippen molar-refractivity contribution in [2.24, 2.45) is 0 Å². The molecule has 51 heavy (non-hydrogen) atoms. The highest BCUT2D eigenvalue weighted by molar-refractivity contribution is 5.59. The van der Waals surface area contributed by atoms with E-state index < -0.39 is 70.7 Å². The van der Waals surface area contributed by atoms with Gasteiger partial charge in [0, 0.05) is 57.6 Å². The Labute approximate surface area is 288 Å². The molecule has 256 valence electrons. The Kier molecular flexibility index (Phi) is 9.16. The van der Waals surface area contributed by atoms with Crippen molar-refractivity contribution >= 4 is 6.34 Å². The molecular formula is C41H27F8N2+. The highest BCUT2D eigenvalue weighted by Gasteiger charge is 2.50. The molecule has 0 saturated carbocycles. The zero-order chi connectivity index (χ0) is 35.8. The second-order valence-corrected chi connectivity index (χ2v) is 12.3. The average molecular weight is 700 g/mol. The summed E-state index contributed by atoms with van der Waals surface area (Å²) in [5, 5.41) is 0. The van der Waals surface area contributed by atoms with E-state index in [-0.39, 0.29) is 22.3 Å². The summed E-state index contributed by atoms with van der Waals surface area (Å²) in [5.41, 5.74) is 1.25. The maximum Gasteiger partial charge on any atom is 0.237 e. The third-order valence-electron chi connectivity index (χ3n) is 8.89. The van der Waals surface area contributed by atoms with E-state index in [2.05, 4.69) is 0 Å². The molecule has 6 aromatic carbocycles. The topological polar surface area (TPSA) is 6.25 Å². The predicted octanol–water partition coefficient (Wildman–Crippen LogP) is 10.5. The average Bonchev–Trinajstić information content (AvgIpc) is 3.43. The minimum Gasteiger partial charge on any atom is -0.245 e. The van der Waals surface area contributed by atoms with Crippen LogP contribution in [0.5, 0.6) is 0 Å². The van der Waals surface area contributed by atoms with Crippen molar-refractivity contribution in [2.75, 3.05) is 0 Å². The molecule has 0 aliphatic carbocycles. The van der Waals surface area contributed by atoms with E-state index in [1.165, 1.54) is 6.34 Å². The van der Waals surface area contributed by atoms with Crippen molar-refractivity contribution in [3.05, 3.63) is 213 Å². The van der Waals surface area contributed by atoms with Gasteiger partial charge in [0.05, 0.1) is 0 Å². The maximum atomic E-state index is 14.9. The smallest absolute Gasteiger partial charge is 0.237 e. The molecule has 0 unspecified atom stereocenters. The lowest BCUT2D eigenvalue weighted by Gasteiger charge is -2.31. The first-order chi connectivity index (χ1) is 24.5. The minimum atomic E-state index is -1.27. The SMILES string of the molecule is Fc1cc(F)cc(C(c2cc(F)cc(F)c2)N2C=[N+](C(c3cc(F)cc(F)c3)c3cc(F)cc(F)c3)[C@@H](c3ccccc3)[C@@H]2c2ccccc2)c1. The molecular weight excluding hydrogens is 672 g/mol. The number of hydrogen-bond donors (Lipinski definition) is 0. The van der Waals surface area contributed by atoms with E-state index in [0.717, 1.165) is 48.5 Å². The van der Waals surface area contributed by atoms with Gasteiger partial charge in [0.25, 0.3) is 0 Å². The molecule has 1 aliphatic heterocycles. The number of halogens is 8. The largest absolute Gasteiger partial charge is 0.245 e. The van der Waals surface area contributed by atoms with Crippen LogP contribution in [0.25, 0.3) is 0 Å². The second-order valence-electron chi connectivity index (χ2n) is 12.3. The van der Waals surface area contributed by atoms with E-state index in [1.54, 1.807) is 70.1 Å². The number of hydrogen-bond acceptors (Lipinski definition) is 1. The van der Waals surface area contributed by atoms with Gasteiger partial charge in [-0.1, -0.05) is 60.7 Å². The van der Waals surface area contributed by atoms with E-state index in [0.29, 0.717) is 35.4 Å². The molecule has 0 bridgehead atoms. The van der Waals surface area contributed by atoms with Crippen LogP contribution in [0.3, 0.4) is 0 Å². The lowest BCUT2D eigenvalue weighted by atomic mass is 9.88. The summed E-state index contributed by atoms with van der Waals surface area (Å²) in [6.45, 7) is 0. The minimum absolute atomic E-state index is 0.00603. The van der Waals surface area contributed by atoms with E-state index in [4.69, 9.17) is 0 Å². The molecule has 1 heterocycles. The molecule has 0 radical (unpaired) electrons. The van der Waals surface area contributed by atoms with Gasteiger partial charge in [0.1, 0.15) is 58.6 Å². The number of benzene rings is 6. The molecule has 0 N–H and O–H groups in total. The van der Waals surface area contributed by atoms with E-state index in [1.807, 2.05) is 0 Å². The lowest BCUT2D eigenvalue weighted by Crippen LogP contribution is -2.31. The fraction of sp³-hybridized carbons (Fsp3) is 0.0976. The highest BCUT2D eigenvalue weighted by atomic mass is 19.2. The van der Waals surface area contributed by atoms with Gasteiger partial charge in [0.15, 0.2) is 12.1 Å². The molecule has 6 aromatic rings. The first-order valence-corrected chi connectivity index (χ1v) is 15.9. The van der Waals surface area contributed by atoms with Crippen molar-refractivity contribution in [3.8, 4) is 0 Å². The van der Waals surface area contributed by atoms with Gasteiger partial charge in [0.2, 0.25) is 6.34 Å². The number of nitrogens with zero attached hydrogens (tertiary/aromatic N) is 2. The first kappa shape index (κ1) is 33.7. The molecule has 0 amide bonds. The van der Waals surface area contributed by atoms with Gasteiger partial charge in [-0.2, -0.15) is 0 Å². The van der Waals surface area contributed by atoms with Crippen molar-refractivity contribution < 1.29 is 39.7 Å². The fourth-order valence-electron chi connectivity index (χ4n) is 7.09. The van der Waals surface area contributed by atoms with E-state index in [9.17, 15) is 35.1 Å². The zero-order valence-corrected chi connectivity index (χ0v) is 26.5. The Morgan fingerprint density at radius 1 is 0.412 bits per heavy atom. The van der Waals surface area contributed by atoms with Crippen LogP contribution in [0.4, 0.5) is 35.1 Å². The summed E-state index contributed by atoms with van der Waals surface area (Å²) in [6, 6.07) is 24.6. The summed E-state index contributed by atoms with van der Waals surface area (Å²) in [5.74, 6) is -7.54. The number of rotatable bonds is 8. The summed E-state index contributed by atoms with van der Waals surface area (Å²) < 4.78 is 121. The van der Waals surface area contributed by atoms with Gasteiger partial charge < -0.3 is 0 Å². The highest BCUT2D eigenvalue weighted by Crippen LogP contribution is 2.49. The molecule has 0 aromatic heterocycles. The normalized spacial score (nSPS) is 15.9. The van der Waals surface area contributed by atoms with Crippen LogP contribution in [0.1, 0.15) is 57.5 Å². The Morgan fingerprint density at radius 3 is 1.12 bits per heavy atom. The molecule has 0 fully saturated rings. The van der Waals surface area contributed by atoms with Crippen LogP contribution in [-0.2, 0) is 0 Å². The van der Waals surface area contributed by atoms with Crippen LogP contribution in [0.2, 0.25) is 0 Å². The van der Waals surface area contributed by atoms with Crippen molar-refractivity contribution in [2.45, 2.75) is 24.2 Å². The first-order valence-electron chi connectivity index (χ1n) is 15.9. The van der Waals surface area contributed by atoms with Crippen molar-refractivity contribution in [3.63, 3.8) is 0 Å². The van der Waals surface area contributed by atoms with Crippen LogP contribution >= 0.6 is 0 Å².